The number of rotatable bonds is 3. The maximum atomic E-state index is 12.2. The predicted octanol–water partition coefficient (Wildman–Crippen LogP) is 4.94. The summed E-state index contributed by atoms with van der Waals surface area (Å²) < 4.78 is 0. The Kier molecular flexibility index (Phi) is 3.73. The van der Waals surface area contributed by atoms with Crippen LogP contribution in [0.25, 0.3) is 21.8 Å². The molecule has 0 bridgehead atoms. The Hall–Kier alpha value is -3.14. The Morgan fingerprint density at radius 1 is 0.920 bits per heavy atom. The third kappa shape index (κ3) is 2.87. The zero-order valence-electron chi connectivity index (χ0n) is 14.2. The summed E-state index contributed by atoms with van der Waals surface area (Å²) in [5, 5.41) is 5.92. The summed E-state index contributed by atoms with van der Waals surface area (Å²) in [6, 6.07) is 18.1. The Bertz CT molecular complexity index is 1110. The molecule has 4 aromatic rings. The van der Waals surface area contributed by atoms with E-state index < -0.39 is 0 Å². The number of anilines is 2. The molecule has 0 saturated carbocycles. The van der Waals surface area contributed by atoms with Gasteiger partial charge in [0.1, 0.15) is 5.65 Å². The van der Waals surface area contributed by atoms with Crippen LogP contribution >= 0.6 is 0 Å². The van der Waals surface area contributed by atoms with Crippen LogP contribution in [0.15, 0.2) is 65.6 Å². The predicted molar refractivity (Wildman–Crippen MR) is 104 cm³/mol. The van der Waals surface area contributed by atoms with Crippen molar-refractivity contribution in [3.63, 3.8) is 0 Å². The second-order valence-electron chi connectivity index (χ2n) is 6.52. The van der Waals surface area contributed by atoms with Crippen molar-refractivity contribution in [1.29, 1.82) is 0 Å². The van der Waals surface area contributed by atoms with Gasteiger partial charge in [-0.2, -0.15) is 0 Å². The second-order valence-corrected chi connectivity index (χ2v) is 6.52. The van der Waals surface area contributed by atoms with Crippen LogP contribution in [0.3, 0.4) is 0 Å². The fourth-order valence-electron chi connectivity index (χ4n) is 3.06. The average molecular weight is 329 g/mol. The van der Waals surface area contributed by atoms with Crippen LogP contribution < -0.4 is 10.9 Å². The average Bonchev–Trinajstić information content (AvgIpc) is 2.62. The molecule has 0 saturated heterocycles. The largest absolute Gasteiger partial charge is 0.356 e. The van der Waals surface area contributed by atoms with E-state index >= 15 is 0 Å². The van der Waals surface area contributed by atoms with E-state index in [4.69, 9.17) is 0 Å². The molecule has 2 N–H and O–H groups in total. The fraction of sp³-hybridized carbons (Fsp3) is 0.143. The number of benzene rings is 2. The second kappa shape index (κ2) is 6.06. The zero-order chi connectivity index (χ0) is 17.4. The highest BCUT2D eigenvalue weighted by Crippen LogP contribution is 2.26. The van der Waals surface area contributed by atoms with E-state index in [2.05, 4.69) is 53.4 Å². The van der Waals surface area contributed by atoms with E-state index in [1.54, 1.807) is 6.20 Å². The molecule has 4 heteroatoms. The minimum atomic E-state index is -0.117. The number of hydrogen-bond acceptors (Lipinski definition) is 3. The summed E-state index contributed by atoms with van der Waals surface area (Å²) in [6.07, 6.45) is 1.68. The number of aromatic nitrogens is 2. The van der Waals surface area contributed by atoms with Gasteiger partial charge in [-0.15, -0.1) is 0 Å². The number of H-pyrrole nitrogens is 1. The van der Waals surface area contributed by atoms with E-state index in [0.29, 0.717) is 17.0 Å². The van der Waals surface area contributed by atoms with E-state index in [1.165, 1.54) is 5.56 Å². The summed E-state index contributed by atoms with van der Waals surface area (Å²) in [6.45, 7) is 4.37. The lowest BCUT2D eigenvalue weighted by molar-refractivity contribution is 0.867. The Balaban J connectivity index is 1.78. The molecule has 0 unspecified atom stereocenters. The minimum Gasteiger partial charge on any atom is -0.356 e. The van der Waals surface area contributed by atoms with Crippen LogP contribution in [-0.2, 0) is 0 Å². The minimum absolute atomic E-state index is 0.117. The molecule has 0 radical (unpaired) electrons. The van der Waals surface area contributed by atoms with Gasteiger partial charge in [0.25, 0.3) is 5.56 Å². The molecule has 4 nitrogen and oxygen atoms in total. The first-order chi connectivity index (χ1) is 12.1. The molecule has 0 aliphatic carbocycles. The molecule has 0 amide bonds. The number of hydrogen-bond donors (Lipinski definition) is 2. The molecule has 0 aliphatic rings. The van der Waals surface area contributed by atoms with Crippen molar-refractivity contribution in [1.82, 2.24) is 9.97 Å². The molecule has 0 spiro atoms. The topological polar surface area (TPSA) is 57.8 Å². The maximum Gasteiger partial charge on any atom is 0.257 e. The molecule has 2 heterocycles. The van der Waals surface area contributed by atoms with Crippen molar-refractivity contribution in [2.75, 3.05) is 5.32 Å². The Labute approximate surface area is 145 Å². The van der Waals surface area contributed by atoms with Gasteiger partial charge in [-0.25, -0.2) is 4.98 Å². The van der Waals surface area contributed by atoms with Gasteiger partial charge >= 0.3 is 0 Å². The van der Waals surface area contributed by atoms with Gasteiger partial charge in [-0.05, 0) is 53.9 Å². The molecule has 2 aromatic carbocycles. The molecule has 0 aliphatic heterocycles. The smallest absolute Gasteiger partial charge is 0.257 e. The van der Waals surface area contributed by atoms with Crippen molar-refractivity contribution in [2.45, 2.75) is 19.8 Å². The van der Waals surface area contributed by atoms with Crippen LogP contribution in [0.2, 0.25) is 0 Å². The lowest BCUT2D eigenvalue weighted by Crippen LogP contribution is -2.07. The standard InChI is InChI=1S/C21H19N3O/c1-13(2)14-5-7-15(8-6-14)23-16-9-10-18-19(12-16)17-4-3-11-22-20(17)24-21(18)25/h3-13,23H,1-2H3,(H,22,24,25). The van der Waals surface area contributed by atoms with Gasteiger partial charge in [-0.3, -0.25) is 4.79 Å². The number of nitrogens with one attached hydrogen (secondary N) is 2. The lowest BCUT2D eigenvalue weighted by atomic mass is 10.0. The van der Waals surface area contributed by atoms with Crippen LogP contribution in [0.4, 0.5) is 11.4 Å². The number of aromatic amines is 1. The first-order valence-electron chi connectivity index (χ1n) is 8.39. The number of fused-ring (bicyclic) bond motifs is 3. The first kappa shape index (κ1) is 15.4. The molecule has 124 valence electrons. The summed E-state index contributed by atoms with van der Waals surface area (Å²) in [5.41, 5.74) is 3.77. The third-order valence-corrected chi connectivity index (χ3v) is 4.46. The third-order valence-electron chi connectivity index (χ3n) is 4.46. The van der Waals surface area contributed by atoms with E-state index in [0.717, 1.165) is 22.1 Å². The van der Waals surface area contributed by atoms with Gasteiger partial charge in [0, 0.05) is 33.7 Å². The molecule has 4 rings (SSSR count). The highest BCUT2D eigenvalue weighted by molar-refractivity contribution is 6.05. The van der Waals surface area contributed by atoms with Crippen molar-refractivity contribution in [2.24, 2.45) is 0 Å². The van der Waals surface area contributed by atoms with E-state index in [9.17, 15) is 4.79 Å². The summed E-state index contributed by atoms with van der Waals surface area (Å²) in [5.74, 6) is 0.514. The summed E-state index contributed by atoms with van der Waals surface area (Å²) >= 11 is 0. The molecule has 0 atom stereocenters. The van der Waals surface area contributed by atoms with Crippen molar-refractivity contribution >= 4 is 33.2 Å². The SMILES string of the molecule is CC(C)c1ccc(Nc2ccc3c(=O)[nH]c4ncccc4c3c2)cc1. The monoisotopic (exact) mass is 329 g/mol. The van der Waals surface area contributed by atoms with Gasteiger partial charge in [0.05, 0.1) is 0 Å². The summed E-state index contributed by atoms with van der Waals surface area (Å²) in [4.78, 5) is 19.3. The van der Waals surface area contributed by atoms with Crippen molar-refractivity contribution in [3.8, 4) is 0 Å². The van der Waals surface area contributed by atoms with E-state index in [-0.39, 0.29) is 5.56 Å². The van der Waals surface area contributed by atoms with Crippen LogP contribution in [-0.4, -0.2) is 9.97 Å². The van der Waals surface area contributed by atoms with E-state index in [1.807, 2.05) is 30.3 Å². The quantitative estimate of drug-likeness (QED) is 0.523. The van der Waals surface area contributed by atoms with Gasteiger partial charge in [-0.1, -0.05) is 26.0 Å². The first-order valence-corrected chi connectivity index (χ1v) is 8.39. The highest BCUT2D eigenvalue weighted by Gasteiger charge is 2.07. The van der Waals surface area contributed by atoms with Crippen molar-refractivity contribution in [3.05, 3.63) is 76.7 Å². The molecule has 2 aromatic heterocycles. The molecular formula is C21H19N3O. The van der Waals surface area contributed by atoms with Gasteiger partial charge < -0.3 is 10.3 Å². The molecular weight excluding hydrogens is 310 g/mol. The summed E-state index contributed by atoms with van der Waals surface area (Å²) in [7, 11) is 0. The Morgan fingerprint density at radius 3 is 2.44 bits per heavy atom. The highest BCUT2D eigenvalue weighted by atomic mass is 16.1. The zero-order valence-corrected chi connectivity index (χ0v) is 14.2. The maximum absolute atomic E-state index is 12.2. The fourth-order valence-corrected chi connectivity index (χ4v) is 3.06. The van der Waals surface area contributed by atoms with Gasteiger partial charge in [0.15, 0.2) is 0 Å². The van der Waals surface area contributed by atoms with Crippen LogP contribution in [0.5, 0.6) is 0 Å². The van der Waals surface area contributed by atoms with Gasteiger partial charge in [0.2, 0.25) is 0 Å². The number of nitrogens with zero attached hydrogens (tertiary/aromatic N) is 1. The normalized spacial score (nSPS) is 11.3. The lowest BCUT2D eigenvalue weighted by Gasteiger charge is -2.10. The molecule has 25 heavy (non-hydrogen) atoms. The molecule has 0 fully saturated rings. The van der Waals surface area contributed by atoms with Crippen LogP contribution in [0, 0.1) is 0 Å². The number of pyridine rings is 2. The van der Waals surface area contributed by atoms with Crippen molar-refractivity contribution < 1.29 is 0 Å². The Morgan fingerprint density at radius 2 is 1.68 bits per heavy atom. The van der Waals surface area contributed by atoms with Crippen LogP contribution in [0.1, 0.15) is 25.3 Å².